The van der Waals surface area contributed by atoms with Crippen LogP contribution in [-0.2, 0) is 9.59 Å². The lowest BCUT2D eigenvalue weighted by atomic mass is 10.1. The number of anilines is 1. The van der Waals surface area contributed by atoms with Crippen molar-refractivity contribution in [3.63, 3.8) is 0 Å². The lowest BCUT2D eigenvalue weighted by Crippen LogP contribution is -2.61. The Morgan fingerprint density at radius 2 is 2.00 bits per heavy atom. The molecule has 2 rings (SSSR count). The third kappa shape index (κ3) is 2.13. The van der Waals surface area contributed by atoms with E-state index in [0.717, 1.165) is 0 Å². The predicted molar refractivity (Wildman–Crippen MR) is 66.0 cm³/mol. The van der Waals surface area contributed by atoms with Gasteiger partial charge in [0.25, 0.3) is 0 Å². The summed E-state index contributed by atoms with van der Waals surface area (Å²) < 4.78 is 0. The molecule has 1 N–H and O–H groups in total. The van der Waals surface area contributed by atoms with Gasteiger partial charge in [0.2, 0.25) is 11.8 Å². The Hall–Kier alpha value is -1.55. The van der Waals surface area contributed by atoms with Gasteiger partial charge in [-0.1, -0.05) is 17.7 Å². The highest BCUT2D eigenvalue weighted by Gasteiger charge is 2.36. The van der Waals surface area contributed by atoms with Gasteiger partial charge in [0.05, 0.1) is 0 Å². The van der Waals surface area contributed by atoms with Crippen molar-refractivity contribution in [2.45, 2.75) is 25.9 Å². The van der Waals surface area contributed by atoms with Crippen LogP contribution in [0.3, 0.4) is 0 Å². The number of nitrogens with one attached hydrogen (secondary N) is 1. The molecule has 0 bridgehead atoms. The van der Waals surface area contributed by atoms with Crippen molar-refractivity contribution in [2.75, 3.05) is 4.90 Å². The highest BCUT2D eigenvalue weighted by molar-refractivity contribution is 6.31. The smallest absolute Gasteiger partial charge is 0.250 e. The molecule has 1 heterocycles. The molecule has 4 nitrogen and oxygen atoms in total. The zero-order valence-electron chi connectivity index (χ0n) is 9.61. The van der Waals surface area contributed by atoms with Gasteiger partial charge in [-0.3, -0.25) is 14.5 Å². The summed E-state index contributed by atoms with van der Waals surface area (Å²) in [7, 11) is 0. The topological polar surface area (TPSA) is 49.4 Å². The zero-order chi connectivity index (χ0) is 12.6. The van der Waals surface area contributed by atoms with E-state index < -0.39 is 12.1 Å². The van der Waals surface area contributed by atoms with E-state index in [9.17, 15) is 9.59 Å². The van der Waals surface area contributed by atoms with Gasteiger partial charge in [-0.2, -0.15) is 0 Å². The van der Waals surface area contributed by atoms with Gasteiger partial charge in [0, 0.05) is 10.7 Å². The molecule has 1 aromatic carbocycles. The SMILES string of the molecule is CC1NC(=O)C(C)N(c2cccc(Cl)c2)C1=O. The number of piperazine rings is 1. The fourth-order valence-electron chi connectivity index (χ4n) is 1.89. The molecule has 5 heteroatoms. The minimum absolute atomic E-state index is 0.126. The van der Waals surface area contributed by atoms with Gasteiger partial charge in [0.15, 0.2) is 0 Å². The van der Waals surface area contributed by atoms with E-state index in [1.165, 1.54) is 4.90 Å². The summed E-state index contributed by atoms with van der Waals surface area (Å²) >= 11 is 5.89. The predicted octanol–water partition coefficient (Wildman–Crippen LogP) is 1.58. The summed E-state index contributed by atoms with van der Waals surface area (Å²) in [5, 5.41) is 3.17. The maximum absolute atomic E-state index is 12.1. The zero-order valence-corrected chi connectivity index (χ0v) is 10.4. The Morgan fingerprint density at radius 1 is 1.29 bits per heavy atom. The van der Waals surface area contributed by atoms with E-state index >= 15 is 0 Å². The normalized spacial score (nSPS) is 24.8. The van der Waals surface area contributed by atoms with E-state index in [2.05, 4.69) is 5.32 Å². The molecule has 1 aromatic rings. The second kappa shape index (κ2) is 4.37. The Labute approximate surface area is 105 Å². The molecular formula is C12H13ClN2O2. The molecule has 0 spiro atoms. The van der Waals surface area contributed by atoms with Gasteiger partial charge in [-0.25, -0.2) is 0 Å². The van der Waals surface area contributed by atoms with E-state index in [4.69, 9.17) is 11.6 Å². The number of carbonyl (C=O) groups excluding carboxylic acids is 2. The summed E-state index contributed by atoms with van der Waals surface area (Å²) in [4.78, 5) is 25.2. The number of hydrogen-bond donors (Lipinski definition) is 1. The lowest BCUT2D eigenvalue weighted by molar-refractivity contribution is -0.133. The largest absolute Gasteiger partial charge is 0.343 e. The average Bonchev–Trinajstić information content (AvgIpc) is 2.27. The van der Waals surface area contributed by atoms with Crippen LogP contribution in [0.2, 0.25) is 5.02 Å². The molecule has 1 aliphatic heterocycles. The van der Waals surface area contributed by atoms with E-state index in [1.807, 2.05) is 0 Å². The molecule has 1 saturated heterocycles. The highest BCUT2D eigenvalue weighted by atomic mass is 35.5. The molecule has 1 aliphatic rings. The van der Waals surface area contributed by atoms with Crippen molar-refractivity contribution >= 4 is 29.1 Å². The summed E-state index contributed by atoms with van der Waals surface area (Å²) in [6.07, 6.45) is 0. The van der Waals surface area contributed by atoms with Crippen LogP contribution in [0.25, 0.3) is 0 Å². The molecule has 2 unspecified atom stereocenters. The van der Waals surface area contributed by atoms with Gasteiger partial charge >= 0.3 is 0 Å². The van der Waals surface area contributed by atoms with Crippen molar-refractivity contribution in [3.05, 3.63) is 29.3 Å². The third-order valence-electron chi connectivity index (χ3n) is 2.82. The number of hydrogen-bond acceptors (Lipinski definition) is 2. The molecule has 17 heavy (non-hydrogen) atoms. The third-order valence-corrected chi connectivity index (χ3v) is 3.05. The van der Waals surface area contributed by atoms with Gasteiger partial charge < -0.3 is 5.32 Å². The molecule has 0 aromatic heterocycles. The number of halogens is 1. The van der Waals surface area contributed by atoms with Crippen LogP contribution in [-0.4, -0.2) is 23.9 Å². The van der Waals surface area contributed by atoms with Crippen LogP contribution in [0, 0.1) is 0 Å². The van der Waals surface area contributed by atoms with Crippen molar-refractivity contribution in [2.24, 2.45) is 0 Å². The first kappa shape index (κ1) is 11.9. The quantitative estimate of drug-likeness (QED) is 0.825. The lowest BCUT2D eigenvalue weighted by Gasteiger charge is -2.36. The first-order chi connectivity index (χ1) is 8.00. The van der Waals surface area contributed by atoms with Crippen LogP contribution < -0.4 is 10.2 Å². The molecular weight excluding hydrogens is 240 g/mol. The van der Waals surface area contributed by atoms with Gasteiger partial charge in [-0.15, -0.1) is 0 Å². The molecule has 0 aliphatic carbocycles. The Kier molecular flexibility index (Phi) is 3.07. The maximum Gasteiger partial charge on any atom is 0.250 e. The number of benzene rings is 1. The fraction of sp³-hybridized carbons (Fsp3) is 0.333. The first-order valence-electron chi connectivity index (χ1n) is 5.39. The molecule has 2 atom stereocenters. The summed E-state index contributed by atoms with van der Waals surface area (Å²) in [6, 6.07) is 5.92. The number of carbonyl (C=O) groups is 2. The molecule has 0 radical (unpaired) electrons. The second-order valence-corrected chi connectivity index (χ2v) is 4.53. The second-order valence-electron chi connectivity index (χ2n) is 4.09. The van der Waals surface area contributed by atoms with Crippen molar-refractivity contribution in [1.82, 2.24) is 5.32 Å². The summed E-state index contributed by atoms with van der Waals surface area (Å²) in [5.41, 5.74) is 0.650. The Bertz CT molecular complexity index is 475. The average molecular weight is 253 g/mol. The maximum atomic E-state index is 12.1. The van der Waals surface area contributed by atoms with Crippen molar-refractivity contribution < 1.29 is 9.59 Å². The summed E-state index contributed by atoms with van der Waals surface area (Å²) in [5.74, 6) is -0.281. The fourth-order valence-corrected chi connectivity index (χ4v) is 2.07. The molecule has 90 valence electrons. The minimum Gasteiger partial charge on any atom is -0.343 e. The first-order valence-corrected chi connectivity index (χ1v) is 5.77. The van der Waals surface area contributed by atoms with Crippen molar-refractivity contribution in [3.8, 4) is 0 Å². The Morgan fingerprint density at radius 3 is 2.65 bits per heavy atom. The van der Waals surface area contributed by atoms with E-state index in [1.54, 1.807) is 38.1 Å². The standard InChI is InChI=1S/C12H13ClN2O2/c1-7-12(17)15(8(2)11(16)14-7)10-5-3-4-9(13)6-10/h3-8H,1-2H3,(H,14,16). The molecule has 0 saturated carbocycles. The van der Waals surface area contributed by atoms with Crippen LogP contribution in [0.5, 0.6) is 0 Å². The van der Waals surface area contributed by atoms with Crippen LogP contribution in [0.15, 0.2) is 24.3 Å². The van der Waals surface area contributed by atoms with Crippen LogP contribution in [0.1, 0.15) is 13.8 Å². The van der Waals surface area contributed by atoms with Crippen LogP contribution in [0.4, 0.5) is 5.69 Å². The van der Waals surface area contributed by atoms with Gasteiger partial charge in [-0.05, 0) is 32.0 Å². The number of amides is 2. The number of nitrogens with zero attached hydrogens (tertiary/aromatic N) is 1. The van der Waals surface area contributed by atoms with E-state index in [0.29, 0.717) is 10.7 Å². The highest BCUT2D eigenvalue weighted by Crippen LogP contribution is 2.24. The number of rotatable bonds is 1. The minimum atomic E-state index is -0.517. The molecule has 1 fully saturated rings. The molecule has 2 amide bonds. The summed E-state index contributed by atoms with van der Waals surface area (Å²) in [6.45, 7) is 3.36. The van der Waals surface area contributed by atoms with Crippen molar-refractivity contribution in [1.29, 1.82) is 0 Å². The Balaban J connectivity index is 2.41. The van der Waals surface area contributed by atoms with Gasteiger partial charge in [0.1, 0.15) is 12.1 Å². The monoisotopic (exact) mass is 252 g/mol. The van der Waals surface area contributed by atoms with E-state index in [-0.39, 0.29) is 11.8 Å². The van der Waals surface area contributed by atoms with Crippen LogP contribution >= 0.6 is 11.6 Å².